The Bertz CT molecular complexity index is 469. The van der Waals surface area contributed by atoms with Crippen LogP contribution >= 0.6 is 22.9 Å². The first kappa shape index (κ1) is 11.6. The van der Waals surface area contributed by atoms with Gasteiger partial charge in [0, 0.05) is 11.4 Å². The van der Waals surface area contributed by atoms with Crippen molar-refractivity contribution in [1.82, 2.24) is 9.97 Å². The number of alkyl halides is 1. The number of aromatic nitrogens is 2. The third-order valence-corrected chi connectivity index (χ3v) is 3.39. The van der Waals surface area contributed by atoms with Gasteiger partial charge in [-0.25, -0.2) is 9.97 Å². The third kappa shape index (κ3) is 2.62. The van der Waals surface area contributed by atoms with Gasteiger partial charge in [-0.3, -0.25) is 0 Å². The molecule has 0 bridgehead atoms. The van der Waals surface area contributed by atoms with Crippen LogP contribution in [0.25, 0.3) is 10.2 Å². The van der Waals surface area contributed by atoms with Gasteiger partial charge in [-0.05, 0) is 31.7 Å². The largest absolute Gasteiger partial charge is 0.366 e. The lowest BCUT2D eigenvalue weighted by molar-refractivity contribution is 0.694. The first-order chi connectivity index (χ1) is 7.66. The van der Waals surface area contributed by atoms with Crippen molar-refractivity contribution >= 4 is 39.0 Å². The first-order valence-electron chi connectivity index (χ1n) is 5.25. The van der Waals surface area contributed by atoms with Crippen LogP contribution in [0.15, 0.2) is 17.8 Å². The maximum atomic E-state index is 5.97. The number of nitrogens with zero attached hydrogens (tertiary/aromatic N) is 2. The molecular weight excluding hydrogens is 242 g/mol. The monoisotopic (exact) mass is 255 g/mol. The number of rotatable bonds is 4. The van der Waals surface area contributed by atoms with Crippen LogP contribution in [0.3, 0.4) is 0 Å². The van der Waals surface area contributed by atoms with Crippen LogP contribution in [0.5, 0.6) is 0 Å². The van der Waals surface area contributed by atoms with Gasteiger partial charge in [0.15, 0.2) is 0 Å². The maximum Gasteiger partial charge on any atom is 0.147 e. The highest BCUT2D eigenvalue weighted by Gasteiger charge is 2.10. The predicted molar refractivity (Wildman–Crippen MR) is 70.4 cm³/mol. The van der Waals surface area contributed by atoms with E-state index in [4.69, 9.17) is 11.6 Å². The zero-order valence-electron chi connectivity index (χ0n) is 9.27. The van der Waals surface area contributed by atoms with E-state index in [1.807, 2.05) is 18.4 Å². The molecule has 0 fully saturated rings. The topological polar surface area (TPSA) is 37.8 Å². The average Bonchev–Trinajstić information content (AvgIpc) is 2.65. The minimum absolute atomic E-state index is 0.170. The second-order valence-electron chi connectivity index (χ2n) is 3.92. The summed E-state index contributed by atoms with van der Waals surface area (Å²) in [6.45, 7) is 4.11. The molecule has 0 aliphatic rings. The van der Waals surface area contributed by atoms with E-state index in [0.29, 0.717) is 6.04 Å². The van der Waals surface area contributed by atoms with E-state index in [2.05, 4.69) is 22.2 Å². The Morgan fingerprint density at radius 3 is 3.00 bits per heavy atom. The normalized spacial score (nSPS) is 14.9. The average molecular weight is 256 g/mol. The van der Waals surface area contributed by atoms with E-state index in [1.54, 1.807) is 17.7 Å². The Hall–Kier alpha value is -0.870. The molecule has 0 aliphatic heterocycles. The fraction of sp³-hybridized carbons (Fsp3) is 0.455. The number of fused-ring (bicyclic) bond motifs is 1. The van der Waals surface area contributed by atoms with Gasteiger partial charge in [0.1, 0.15) is 12.1 Å². The van der Waals surface area contributed by atoms with E-state index >= 15 is 0 Å². The van der Waals surface area contributed by atoms with Crippen LogP contribution in [0.1, 0.15) is 20.3 Å². The molecule has 2 rings (SSSR count). The summed E-state index contributed by atoms with van der Waals surface area (Å²) in [6.07, 6.45) is 2.51. The van der Waals surface area contributed by atoms with Gasteiger partial charge >= 0.3 is 0 Å². The summed E-state index contributed by atoms with van der Waals surface area (Å²) < 4.78 is 1.11. The van der Waals surface area contributed by atoms with Gasteiger partial charge in [-0.15, -0.1) is 22.9 Å². The minimum atomic E-state index is 0.170. The molecule has 16 heavy (non-hydrogen) atoms. The van der Waals surface area contributed by atoms with Gasteiger partial charge in [0.2, 0.25) is 0 Å². The summed E-state index contributed by atoms with van der Waals surface area (Å²) >= 11 is 7.62. The van der Waals surface area contributed by atoms with Crippen molar-refractivity contribution in [1.29, 1.82) is 0 Å². The second-order valence-corrected chi connectivity index (χ2v) is 5.58. The molecule has 0 amide bonds. The summed E-state index contributed by atoms with van der Waals surface area (Å²) in [5.41, 5.74) is 0.994. The number of halogens is 1. The molecule has 86 valence electrons. The molecule has 2 aromatic heterocycles. The molecule has 3 nitrogen and oxygen atoms in total. The summed E-state index contributed by atoms with van der Waals surface area (Å²) in [6, 6.07) is 2.31. The number of nitrogens with one attached hydrogen (secondary N) is 1. The molecule has 1 N–H and O–H groups in total. The van der Waals surface area contributed by atoms with Gasteiger partial charge < -0.3 is 5.32 Å². The highest BCUT2D eigenvalue weighted by atomic mass is 35.5. The molecule has 0 saturated carbocycles. The van der Waals surface area contributed by atoms with Crippen molar-refractivity contribution in [2.75, 3.05) is 5.32 Å². The number of hydrogen-bond acceptors (Lipinski definition) is 4. The Morgan fingerprint density at radius 1 is 1.44 bits per heavy atom. The van der Waals surface area contributed by atoms with E-state index in [0.717, 1.165) is 22.5 Å². The molecule has 2 atom stereocenters. The summed E-state index contributed by atoms with van der Waals surface area (Å²) in [5.74, 6) is 0.907. The summed E-state index contributed by atoms with van der Waals surface area (Å²) in [4.78, 5) is 8.47. The lowest BCUT2D eigenvalue weighted by Gasteiger charge is -2.15. The molecule has 0 spiro atoms. The minimum Gasteiger partial charge on any atom is -0.366 e. The van der Waals surface area contributed by atoms with Crippen molar-refractivity contribution in [2.45, 2.75) is 31.7 Å². The summed E-state index contributed by atoms with van der Waals surface area (Å²) in [5, 5.41) is 5.57. The van der Waals surface area contributed by atoms with Crippen LogP contribution in [-0.2, 0) is 0 Å². The molecular formula is C11H14ClN3S. The van der Waals surface area contributed by atoms with Crippen molar-refractivity contribution in [3.8, 4) is 0 Å². The van der Waals surface area contributed by atoms with Gasteiger partial charge in [-0.2, -0.15) is 0 Å². The molecule has 0 aromatic carbocycles. The van der Waals surface area contributed by atoms with E-state index < -0.39 is 0 Å². The van der Waals surface area contributed by atoms with E-state index in [-0.39, 0.29) is 5.38 Å². The van der Waals surface area contributed by atoms with Crippen LogP contribution in [0.2, 0.25) is 0 Å². The molecule has 0 aliphatic carbocycles. The second kappa shape index (κ2) is 4.97. The van der Waals surface area contributed by atoms with Crippen LogP contribution in [0, 0.1) is 0 Å². The lowest BCUT2D eigenvalue weighted by Crippen LogP contribution is -2.19. The van der Waals surface area contributed by atoms with Crippen molar-refractivity contribution in [2.24, 2.45) is 0 Å². The predicted octanol–water partition coefficient (Wildman–Crippen LogP) is 3.51. The molecule has 0 radical (unpaired) electrons. The third-order valence-electron chi connectivity index (χ3n) is 2.30. The Balaban J connectivity index is 2.17. The number of thiophene rings is 1. The summed E-state index contributed by atoms with van der Waals surface area (Å²) in [7, 11) is 0. The molecule has 5 heteroatoms. The van der Waals surface area contributed by atoms with Gasteiger partial charge in [0.25, 0.3) is 0 Å². The maximum absolute atomic E-state index is 5.97. The molecule has 2 unspecified atom stereocenters. The van der Waals surface area contributed by atoms with Gasteiger partial charge in [-0.1, -0.05) is 0 Å². The highest BCUT2D eigenvalue weighted by molar-refractivity contribution is 7.17. The highest BCUT2D eigenvalue weighted by Crippen LogP contribution is 2.25. The molecule has 2 aromatic rings. The lowest BCUT2D eigenvalue weighted by atomic mass is 10.2. The zero-order chi connectivity index (χ0) is 11.5. The van der Waals surface area contributed by atoms with Crippen molar-refractivity contribution in [3.05, 3.63) is 17.8 Å². The van der Waals surface area contributed by atoms with Crippen molar-refractivity contribution in [3.63, 3.8) is 0 Å². The number of hydrogen-bond donors (Lipinski definition) is 1. The van der Waals surface area contributed by atoms with Crippen LogP contribution in [0.4, 0.5) is 5.82 Å². The van der Waals surface area contributed by atoms with Crippen molar-refractivity contribution < 1.29 is 0 Å². The van der Waals surface area contributed by atoms with E-state index in [1.165, 1.54) is 0 Å². The smallest absolute Gasteiger partial charge is 0.147 e. The first-order valence-corrected chi connectivity index (χ1v) is 6.57. The Labute approximate surface area is 104 Å². The van der Waals surface area contributed by atoms with Crippen LogP contribution < -0.4 is 5.32 Å². The van der Waals surface area contributed by atoms with Gasteiger partial charge in [0.05, 0.1) is 10.2 Å². The van der Waals surface area contributed by atoms with E-state index in [9.17, 15) is 0 Å². The SMILES string of the molecule is CC(Cl)CC(C)Nc1ncnc2ccsc12. The quantitative estimate of drug-likeness (QED) is 0.850. The molecule has 2 heterocycles. The fourth-order valence-electron chi connectivity index (χ4n) is 1.67. The standard InChI is InChI=1S/C11H14ClN3S/c1-7(12)5-8(2)15-11-10-9(3-4-16-10)13-6-14-11/h3-4,6-8H,5H2,1-2H3,(H,13,14,15). The molecule has 0 saturated heterocycles. The Kier molecular flexibility index (Phi) is 3.61. The fourth-order valence-corrected chi connectivity index (χ4v) is 2.74. The zero-order valence-corrected chi connectivity index (χ0v) is 10.8. The van der Waals surface area contributed by atoms with Crippen LogP contribution in [-0.4, -0.2) is 21.4 Å². The number of anilines is 1. The Morgan fingerprint density at radius 2 is 2.25 bits per heavy atom.